The molecule has 0 unspecified atom stereocenters. The lowest BCUT2D eigenvalue weighted by atomic mass is 10.1. The first-order chi connectivity index (χ1) is 5.66. The molecule has 0 bridgehead atoms. The number of ketones is 2. The van der Waals surface area contributed by atoms with Crippen LogP contribution in [0.5, 0.6) is 5.95 Å². The molecule has 0 aliphatic heterocycles. The molecular weight excluding hydrogens is 160 g/mol. The molecule has 1 heterocycles. The first kappa shape index (κ1) is 6.84. The summed E-state index contributed by atoms with van der Waals surface area (Å²) in [5, 5.41) is 9.31. The van der Waals surface area contributed by atoms with Gasteiger partial charge in [-0.15, -0.1) is 0 Å². The van der Waals surface area contributed by atoms with Crippen molar-refractivity contribution in [2.75, 3.05) is 0 Å². The van der Waals surface area contributed by atoms with Crippen molar-refractivity contribution >= 4 is 23.7 Å². The largest absolute Gasteiger partial charge is 0.481 e. The molecule has 1 aromatic heterocycles. The lowest BCUT2D eigenvalue weighted by Gasteiger charge is -1.89. The Kier molecular flexibility index (Phi) is 1.18. The molecule has 1 aliphatic carbocycles. The van der Waals surface area contributed by atoms with Crippen LogP contribution >= 0.6 is 0 Å². The number of Topliss-reactive ketones (excluding diaryl/α,β-unsaturated/α-hetero) is 2. The number of rotatable bonds is 0. The zero-order valence-electron chi connectivity index (χ0n) is 5.90. The topological polar surface area (TPSA) is 67.5 Å². The van der Waals surface area contributed by atoms with Crippen LogP contribution in [0.15, 0.2) is 10.5 Å². The van der Waals surface area contributed by atoms with E-state index >= 15 is 0 Å². The number of hydrogen-bond acceptors (Lipinski definition) is 4. The fraction of sp³-hybridized carbons (Fsp3) is 0. The van der Waals surface area contributed by atoms with Crippen molar-refractivity contribution in [1.29, 1.82) is 0 Å². The smallest absolute Gasteiger partial charge is 0.282 e. The fourth-order valence-electron chi connectivity index (χ4n) is 1.03. The summed E-state index contributed by atoms with van der Waals surface area (Å²) in [7, 11) is 0. The summed E-state index contributed by atoms with van der Waals surface area (Å²) >= 11 is 0. The second kappa shape index (κ2) is 2.07. The van der Waals surface area contributed by atoms with Crippen LogP contribution in [0.3, 0.4) is 0 Å². The van der Waals surface area contributed by atoms with Crippen molar-refractivity contribution in [1.82, 2.24) is 0 Å². The minimum Gasteiger partial charge on any atom is -0.481 e. The van der Waals surface area contributed by atoms with Crippen LogP contribution in [0.25, 0.3) is 12.2 Å². The third kappa shape index (κ3) is 0.852. The second-order valence-corrected chi connectivity index (χ2v) is 2.42. The van der Waals surface area contributed by atoms with Gasteiger partial charge in [-0.05, 0) is 0 Å². The first-order valence-electron chi connectivity index (χ1n) is 3.27. The van der Waals surface area contributed by atoms with E-state index in [0.717, 1.165) is 12.2 Å². The van der Waals surface area contributed by atoms with Crippen LogP contribution in [0.4, 0.5) is 0 Å². The van der Waals surface area contributed by atoms with E-state index in [0.29, 0.717) is 5.22 Å². The predicted molar refractivity (Wildman–Crippen MR) is 38.6 cm³/mol. The van der Waals surface area contributed by atoms with Gasteiger partial charge in [0.05, 0.1) is 0 Å². The van der Waals surface area contributed by atoms with E-state index < -0.39 is 11.6 Å². The summed E-state index contributed by atoms with van der Waals surface area (Å²) < 4.78 is 4.72. The summed E-state index contributed by atoms with van der Waals surface area (Å²) in [6.07, 6.45) is 2.21. The molecule has 0 atom stereocenters. The van der Waals surface area contributed by atoms with Gasteiger partial charge in [-0.2, -0.15) is 0 Å². The highest BCUT2D eigenvalue weighted by Crippen LogP contribution is 1.99. The van der Waals surface area contributed by atoms with Crippen LogP contribution in [0.2, 0.25) is 0 Å². The quantitative estimate of drug-likeness (QED) is 0.484. The van der Waals surface area contributed by atoms with Crippen molar-refractivity contribution in [3.63, 3.8) is 0 Å². The highest BCUT2D eigenvalue weighted by Gasteiger charge is 2.13. The highest BCUT2D eigenvalue weighted by atomic mass is 16.5. The van der Waals surface area contributed by atoms with E-state index in [9.17, 15) is 9.59 Å². The first-order valence-corrected chi connectivity index (χ1v) is 3.27. The van der Waals surface area contributed by atoms with Gasteiger partial charge in [0.2, 0.25) is 11.6 Å². The van der Waals surface area contributed by atoms with E-state index in [1.54, 1.807) is 0 Å². The Morgan fingerprint density at radius 2 is 1.83 bits per heavy atom. The third-order valence-electron chi connectivity index (χ3n) is 1.57. The monoisotopic (exact) mass is 164 g/mol. The summed E-state index contributed by atoms with van der Waals surface area (Å²) in [4.78, 5) is 21.6. The number of aromatic hydroxyl groups is 1. The van der Waals surface area contributed by atoms with Crippen molar-refractivity contribution in [3.8, 4) is 5.95 Å². The maximum Gasteiger partial charge on any atom is 0.282 e. The number of hydrogen-bond donors (Lipinski definition) is 1. The molecular formula is C8H4O4. The van der Waals surface area contributed by atoms with Crippen LogP contribution in [-0.4, -0.2) is 16.7 Å². The maximum atomic E-state index is 10.8. The Hall–Kier alpha value is -1.84. The van der Waals surface area contributed by atoms with E-state index in [1.165, 1.54) is 6.07 Å². The average Bonchev–Trinajstić information content (AvgIpc) is 2.30. The minimum absolute atomic E-state index is 0.233. The molecule has 60 valence electrons. The van der Waals surface area contributed by atoms with Gasteiger partial charge in [0.25, 0.3) is 5.95 Å². The van der Waals surface area contributed by atoms with E-state index in [-0.39, 0.29) is 11.4 Å². The van der Waals surface area contributed by atoms with Gasteiger partial charge in [0.15, 0.2) is 0 Å². The van der Waals surface area contributed by atoms with Crippen molar-refractivity contribution in [2.45, 2.75) is 0 Å². The van der Waals surface area contributed by atoms with Gasteiger partial charge in [0.1, 0.15) is 5.42 Å². The fourth-order valence-corrected chi connectivity index (χ4v) is 1.03. The lowest BCUT2D eigenvalue weighted by molar-refractivity contribution is -0.129. The molecule has 0 spiro atoms. The van der Waals surface area contributed by atoms with E-state index in [2.05, 4.69) is 0 Å². The van der Waals surface area contributed by atoms with Crippen molar-refractivity contribution in [2.24, 2.45) is 0 Å². The zero-order valence-corrected chi connectivity index (χ0v) is 5.90. The standard InChI is InChI=1S/C8H4O4/c9-5-1-4-2-8(11)12-7(4)3-6(5)10/h1-3,11H. The molecule has 0 fully saturated rings. The molecule has 0 saturated carbocycles. The summed E-state index contributed by atoms with van der Waals surface area (Å²) in [5.41, 5.74) is 0.233. The molecule has 12 heavy (non-hydrogen) atoms. The molecule has 1 aromatic rings. The van der Waals surface area contributed by atoms with Crippen LogP contribution in [0, 0.1) is 0 Å². The summed E-state index contributed by atoms with van der Waals surface area (Å²) in [5.74, 6) is -1.52. The van der Waals surface area contributed by atoms with Crippen molar-refractivity contribution < 1.29 is 19.1 Å². The Bertz CT molecular complexity index is 434. The Morgan fingerprint density at radius 1 is 1.17 bits per heavy atom. The number of carbonyl (C=O) groups excluding carboxylic acids is 2. The van der Waals surface area contributed by atoms with Gasteiger partial charge in [0, 0.05) is 23.4 Å². The summed E-state index contributed by atoms with van der Waals surface area (Å²) in [6, 6.07) is 1.29. The normalized spacial score (nSPS) is 15.0. The van der Waals surface area contributed by atoms with Crippen molar-refractivity contribution in [3.05, 3.63) is 16.7 Å². The average molecular weight is 164 g/mol. The number of carbonyl (C=O) groups is 2. The molecule has 1 aliphatic rings. The molecule has 0 amide bonds. The van der Waals surface area contributed by atoms with Gasteiger partial charge in [-0.25, -0.2) is 0 Å². The molecule has 0 radical (unpaired) electrons. The molecule has 0 saturated heterocycles. The molecule has 2 rings (SSSR count). The molecule has 1 N–H and O–H groups in total. The van der Waals surface area contributed by atoms with Gasteiger partial charge in [-0.1, -0.05) is 0 Å². The zero-order chi connectivity index (χ0) is 8.72. The van der Waals surface area contributed by atoms with Crippen LogP contribution in [0.1, 0.15) is 0 Å². The maximum absolute atomic E-state index is 10.8. The number of furan rings is 1. The summed E-state index contributed by atoms with van der Waals surface area (Å²) in [6.45, 7) is 0. The van der Waals surface area contributed by atoms with E-state index in [4.69, 9.17) is 9.52 Å². The van der Waals surface area contributed by atoms with Crippen LogP contribution < -0.4 is 10.6 Å². The SMILES string of the molecule is O=C1C=c2cc(O)oc2=CC1=O. The lowest BCUT2D eigenvalue weighted by Crippen LogP contribution is -2.29. The van der Waals surface area contributed by atoms with Gasteiger partial charge < -0.3 is 9.52 Å². The minimum atomic E-state index is -0.628. The van der Waals surface area contributed by atoms with Gasteiger partial charge >= 0.3 is 0 Å². The number of fused-ring (bicyclic) bond motifs is 1. The molecule has 4 heteroatoms. The highest BCUT2D eigenvalue weighted by molar-refractivity contribution is 6.57. The Morgan fingerprint density at radius 3 is 2.58 bits per heavy atom. The Balaban J connectivity index is 2.86. The Labute approximate surface area is 66.4 Å². The molecule has 0 aromatic carbocycles. The van der Waals surface area contributed by atoms with Crippen LogP contribution in [-0.2, 0) is 9.59 Å². The third-order valence-corrected chi connectivity index (χ3v) is 1.57. The molecule has 4 nitrogen and oxygen atoms in total. The van der Waals surface area contributed by atoms with Gasteiger partial charge in [-0.3, -0.25) is 9.59 Å². The van der Waals surface area contributed by atoms with E-state index in [1.807, 2.05) is 0 Å². The second-order valence-electron chi connectivity index (χ2n) is 2.42. The predicted octanol–water partition coefficient (Wildman–Crippen LogP) is -1.30.